The number of likely N-dealkylation sites (tertiary alicyclic amines) is 2. The van der Waals surface area contributed by atoms with Crippen molar-refractivity contribution in [3.05, 3.63) is 130 Å². The van der Waals surface area contributed by atoms with Gasteiger partial charge in [0.15, 0.2) is 16.7 Å². The minimum absolute atomic E-state index is 0.477. The fourth-order valence-electron chi connectivity index (χ4n) is 13.2. The molecule has 3 aliphatic heterocycles. The standard InChI is InChI=1S/2C26H38N4O3.C21H33N3O2.2C4H4O4/c2*1-18(2)17-31-25-9-7-22-24(28-33-26(22)23(25)16-29(4)5)8-6-20-10-12-30(13-11-20)15-21-14-19(3)32-27-21;1-15(2)14-25-20-8-6-17-19(7-5-16-9-11-22-12-10-16)23-26-21(17)18(20)13-24(3)4;2*5-3(6)1-2-4(7)8/h2*7,9,14,18,20H,6,8,10-13,15-17H2,1-5H3;6,8,15-16,22H,5,7,9-14H2,1-4H3;2*1-2H,(H,5,6)(H,7,8)/b;;;2*2-1+. The summed E-state index contributed by atoms with van der Waals surface area (Å²) in [6.07, 6.45) is 16.0. The first kappa shape index (κ1) is 86.2. The fraction of sp³-hybridized carbons (Fsp3) is 0.568. The van der Waals surface area contributed by atoms with Gasteiger partial charge in [0.25, 0.3) is 0 Å². The van der Waals surface area contributed by atoms with Crippen LogP contribution in [0.1, 0.15) is 156 Å². The van der Waals surface area contributed by atoms with Gasteiger partial charge in [0.2, 0.25) is 0 Å². The van der Waals surface area contributed by atoms with Crippen LogP contribution in [0.2, 0.25) is 0 Å². The number of nitrogens with zero attached hydrogens (tertiary/aromatic N) is 10. The number of carboxylic acids is 4. The van der Waals surface area contributed by atoms with Crippen LogP contribution in [0.5, 0.6) is 17.2 Å². The first-order valence-electron chi connectivity index (χ1n) is 37.9. The van der Waals surface area contributed by atoms with Crippen LogP contribution in [0.4, 0.5) is 0 Å². The zero-order valence-electron chi connectivity index (χ0n) is 65.9. The average molecular weight is 1500 g/mol. The Hall–Kier alpha value is -8.99. The van der Waals surface area contributed by atoms with E-state index in [1.165, 1.54) is 44.9 Å². The molecule has 108 heavy (non-hydrogen) atoms. The van der Waals surface area contributed by atoms with E-state index in [0.29, 0.717) is 61.9 Å². The maximum atomic E-state index is 9.55. The van der Waals surface area contributed by atoms with E-state index in [1.807, 2.05) is 26.0 Å². The SMILES string of the molecule is CC(C)COc1ccc2c(CCC3CCNCC3)noc2c1CN(C)C.Cc1cc(CN2CCC(CCc3noc4c(CN(C)C)c(OCC(C)C)ccc34)CC2)no1.Cc1cc(CN2CCC(CCc3noc4c(CN(C)C)c(OCC(C)C)ccc34)CC2)no1.O=C(O)/C=C/C(=O)O.O=C(O)/C=C/C(=O)O. The quantitative estimate of drug-likeness (QED) is 0.0245. The van der Waals surface area contributed by atoms with Crippen LogP contribution in [0.25, 0.3) is 32.9 Å². The Morgan fingerprint density at radius 3 is 0.991 bits per heavy atom. The molecule has 592 valence electrons. The molecule has 0 amide bonds. The number of aromatic nitrogens is 5. The molecule has 0 saturated carbocycles. The lowest BCUT2D eigenvalue weighted by Crippen LogP contribution is -2.33. The molecule has 0 aliphatic carbocycles. The molecule has 0 spiro atoms. The summed E-state index contributed by atoms with van der Waals surface area (Å²) in [5, 5.41) is 59.7. The fourth-order valence-corrected chi connectivity index (χ4v) is 13.2. The largest absolute Gasteiger partial charge is 0.493 e. The van der Waals surface area contributed by atoms with Gasteiger partial charge in [0, 0.05) is 85.3 Å². The van der Waals surface area contributed by atoms with Gasteiger partial charge in [-0.15, -0.1) is 0 Å². The second-order valence-electron chi connectivity index (χ2n) is 30.6. The first-order valence-corrected chi connectivity index (χ1v) is 37.9. The third-order valence-corrected chi connectivity index (χ3v) is 18.6. The zero-order valence-corrected chi connectivity index (χ0v) is 65.9. The van der Waals surface area contributed by atoms with Gasteiger partial charge in [0.1, 0.15) is 28.8 Å². The van der Waals surface area contributed by atoms with Crippen LogP contribution in [0.15, 0.2) is 95.5 Å². The second kappa shape index (κ2) is 43.9. The molecule has 27 heteroatoms. The normalized spacial score (nSPS) is 15.0. The van der Waals surface area contributed by atoms with Gasteiger partial charge in [-0.25, -0.2) is 19.2 Å². The van der Waals surface area contributed by atoms with Gasteiger partial charge in [-0.2, -0.15) is 0 Å². The predicted molar refractivity (Wildman–Crippen MR) is 413 cm³/mol. The van der Waals surface area contributed by atoms with E-state index < -0.39 is 23.9 Å². The third kappa shape index (κ3) is 29.2. The summed E-state index contributed by atoms with van der Waals surface area (Å²) in [7, 11) is 12.4. The number of aliphatic carboxylic acids is 4. The van der Waals surface area contributed by atoms with E-state index in [2.05, 4.69) is 176 Å². The topological polar surface area (TPSA) is 335 Å². The van der Waals surface area contributed by atoms with Gasteiger partial charge in [-0.3, -0.25) is 9.80 Å². The van der Waals surface area contributed by atoms with Crippen molar-refractivity contribution in [2.24, 2.45) is 35.5 Å². The maximum absolute atomic E-state index is 9.55. The molecule has 11 rings (SSSR count). The Labute approximate surface area is 634 Å². The van der Waals surface area contributed by atoms with Gasteiger partial charge in [0.05, 0.1) is 65.0 Å². The van der Waals surface area contributed by atoms with Crippen molar-refractivity contribution >= 4 is 56.8 Å². The molecule has 8 aromatic rings. The molecular weight excluding hydrogens is 1380 g/mol. The lowest BCUT2D eigenvalue weighted by Gasteiger charge is -2.31. The molecule has 3 saturated heterocycles. The van der Waals surface area contributed by atoms with Crippen LogP contribution in [0.3, 0.4) is 0 Å². The monoisotopic (exact) mass is 1500 g/mol. The molecule has 0 bridgehead atoms. The molecule has 27 nitrogen and oxygen atoms in total. The minimum atomic E-state index is -1.26. The number of rotatable bonds is 32. The molecule has 0 radical (unpaired) electrons. The molecule has 8 heterocycles. The number of benzene rings is 3. The molecule has 0 unspecified atom stereocenters. The Bertz CT molecular complexity index is 3890. The highest BCUT2D eigenvalue weighted by Crippen LogP contribution is 2.37. The van der Waals surface area contributed by atoms with Crippen molar-refractivity contribution in [2.45, 2.75) is 165 Å². The predicted octanol–water partition coefficient (Wildman–Crippen LogP) is 13.4. The Balaban J connectivity index is 0.000000205. The van der Waals surface area contributed by atoms with Crippen LogP contribution < -0.4 is 19.5 Å². The van der Waals surface area contributed by atoms with Crippen molar-refractivity contribution in [3.8, 4) is 17.2 Å². The molecule has 5 aromatic heterocycles. The van der Waals surface area contributed by atoms with Crippen LogP contribution >= 0.6 is 0 Å². The summed E-state index contributed by atoms with van der Waals surface area (Å²) in [5.41, 5.74) is 11.2. The number of fused-ring (bicyclic) bond motifs is 3. The number of ether oxygens (including phenoxy) is 3. The highest BCUT2D eigenvalue weighted by molar-refractivity contribution is 5.90. The second-order valence-corrected chi connectivity index (χ2v) is 30.6. The van der Waals surface area contributed by atoms with Gasteiger partial charge in [-0.1, -0.05) is 67.3 Å². The Morgan fingerprint density at radius 2 is 0.741 bits per heavy atom. The number of piperidine rings is 3. The minimum Gasteiger partial charge on any atom is -0.493 e. The summed E-state index contributed by atoms with van der Waals surface area (Å²) in [6, 6.07) is 16.7. The van der Waals surface area contributed by atoms with Crippen LogP contribution in [0, 0.1) is 49.4 Å². The smallest absolute Gasteiger partial charge is 0.328 e. The summed E-state index contributed by atoms with van der Waals surface area (Å²) >= 11 is 0. The zero-order chi connectivity index (χ0) is 78.4. The third-order valence-electron chi connectivity index (χ3n) is 18.6. The van der Waals surface area contributed by atoms with E-state index in [-0.39, 0.29) is 0 Å². The number of nitrogens with one attached hydrogen (secondary N) is 1. The van der Waals surface area contributed by atoms with E-state index in [1.54, 1.807) is 0 Å². The molecule has 5 N–H and O–H groups in total. The van der Waals surface area contributed by atoms with Crippen molar-refractivity contribution in [3.63, 3.8) is 0 Å². The first-order chi connectivity index (χ1) is 51.6. The number of carboxylic acid groups (broad SMARTS) is 4. The van der Waals surface area contributed by atoms with Crippen LogP contribution in [-0.2, 0) is 71.2 Å². The lowest BCUT2D eigenvalue weighted by atomic mass is 9.91. The highest BCUT2D eigenvalue weighted by Gasteiger charge is 2.27. The molecule has 0 atom stereocenters. The molecule has 3 aliphatic rings. The summed E-state index contributed by atoms with van der Waals surface area (Å²) in [6.45, 7) is 29.8. The lowest BCUT2D eigenvalue weighted by molar-refractivity contribution is -0.134. The van der Waals surface area contributed by atoms with Crippen molar-refractivity contribution in [1.82, 2.24) is 55.6 Å². The molecule has 3 aromatic carbocycles. The molecular formula is C81H117N11O16. The average Bonchev–Trinajstić information content (AvgIpc) is 1.65. The number of aryl methyl sites for hydroxylation is 5. The van der Waals surface area contributed by atoms with Crippen LogP contribution in [-0.4, -0.2) is 196 Å². The number of carbonyl (C=O) groups is 4. The Morgan fingerprint density at radius 1 is 0.454 bits per heavy atom. The van der Waals surface area contributed by atoms with Crippen molar-refractivity contribution in [2.75, 3.05) is 101 Å². The van der Waals surface area contributed by atoms with Crippen molar-refractivity contribution in [1.29, 1.82) is 0 Å². The summed E-state index contributed by atoms with van der Waals surface area (Å²) in [4.78, 5) is 49.6. The number of hydrogen-bond acceptors (Lipinski definition) is 23. The van der Waals surface area contributed by atoms with Gasteiger partial charge in [-0.05, 0) is 244 Å². The van der Waals surface area contributed by atoms with Gasteiger partial charge < -0.3 is 77.3 Å². The van der Waals surface area contributed by atoms with E-state index in [4.69, 9.17) is 57.3 Å². The highest BCUT2D eigenvalue weighted by atomic mass is 16.5. The van der Waals surface area contributed by atoms with E-state index in [9.17, 15) is 19.2 Å². The maximum Gasteiger partial charge on any atom is 0.328 e. The molecule has 3 fully saturated rings. The van der Waals surface area contributed by atoms with E-state index >= 15 is 0 Å². The Kier molecular flexibility index (Phi) is 35.0. The summed E-state index contributed by atoms with van der Waals surface area (Å²) < 4.78 is 46.2. The summed E-state index contributed by atoms with van der Waals surface area (Å²) in [5.74, 6) is 3.16. The van der Waals surface area contributed by atoms with E-state index in [0.717, 1.165) is 229 Å². The van der Waals surface area contributed by atoms with Crippen molar-refractivity contribution < 1.29 is 76.4 Å². The van der Waals surface area contributed by atoms with Gasteiger partial charge >= 0.3 is 23.9 Å². The number of hydrogen-bond donors (Lipinski definition) is 5.